The molecule has 0 aliphatic carbocycles. The number of fused-ring (bicyclic) bond motifs is 1. The molecule has 7 nitrogen and oxygen atoms in total. The number of methoxy groups -OCH3 is 3. The van der Waals surface area contributed by atoms with E-state index in [1.165, 1.54) is 26.9 Å². The van der Waals surface area contributed by atoms with Crippen LogP contribution < -0.4 is 19.5 Å². The molecule has 2 heterocycles. The summed E-state index contributed by atoms with van der Waals surface area (Å²) in [6.45, 7) is 1.55. The van der Waals surface area contributed by atoms with Gasteiger partial charge in [-0.15, -0.1) is 0 Å². The third-order valence-electron chi connectivity index (χ3n) is 6.16. The summed E-state index contributed by atoms with van der Waals surface area (Å²) in [5.74, 6) is 1.12. The highest BCUT2D eigenvalue weighted by molar-refractivity contribution is 5.95. The van der Waals surface area contributed by atoms with E-state index in [9.17, 15) is 4.79 Å². The molecule has 0 aromatic heterocycles. The zero-order valence-electron chi connectivity index (χ0n) is 18.3. The third-order valence-corrected chi connectivity index (χ3v) is 6.16. The van der Waals surface area contributed by atoms with Crippen LogP contribution in [0.1, 0.15) is 41.2 Å². The van der Waals surface area contributed by atoms with E-state index in [0.29, 0.717) is 29.4 Å². The van der Waals surface area contributed by atoms with Crippen molar-refractivity contribution in [1.29, 1.82) is 0 Å². The molecular formula is C24H30N2O5. The van der Waals surface area contributed by atoms with Gasteiger partial charge in [-0.2, -0.15) is 0 Å². The SMILES string of the molecule is COc1cc(C(=O)NC2OC[C@@H](c3ccccc3)N3CCCC[C@@H]23)cc(OC)c1OC. The van der Waals surface area contributed by atoms with E-state index in [4.69, 9.17) is 18.9 Å². The van der Waals surface area contributed by atoms with Crippen molar-refractivity contribution in [2.75, 3.05) is 34.5 Å². The van der Waals surface area contributed by atoms with E-state index >= 15 is 0 Å². The molecule has 1 N–H and O–H groups in total. The van der Waals surface area contributed by atoms with Crippen molar-refractivity contribution < 1.29 is 23.7 Å². The summed E-state index contributed by atoms with van der Waals surface area (Å²) in [6.07, 6.45) is 2.91. The molecule has 2 aromatic rings. The van der Waals surface area contributed by atoms with Gasteiger partial charge in [0.15, 0.2) is 11.5 Å². The van der Waals surface area contributed by atoms with Crippen molar-refractivity contribution in [3.8, 4) is 17.2 Å². The van der Waals surface area contributed by atoms with Gasteiger partial charge in [-0.05, 0) is 37.1 Å². The molecule has 2 aliphatic rings. The summed E-state index contributed by atoms with van der Waals surface area (Å²) in [4.78, 5) is 15.6. The lowest BCUT2D eigenvalue weighted by Gasteiger charge is -2.48. The molecule has 4 rings (SSSR count). The minimum absolute atomic E-state index is 0.138. The van der Waals surface area contributed by atoms with Gasteiger partial charge in [0, 0.05) is 5.56 Å². The van der Waals surface area contributed by atoms with Crippen LogP contribution in [0.5, 0.6) is 17.2 Å². The lowest BCUT2D eigenvalue weighted by atomic mass is 9.93. The standard InChI is InChI=1S/C24H30N2O5/c1-28-20-13-17(14-21(29-2)22(20)30-3)23(27)25-24-18-11-7-8-12-26(18)19(15-31-24)16-9-5-4-6-10-16/h4-6,9-10,13-14,18-19,24H,7-8,11-12,15H2,1-3H3,(H,25,27)/t18-,19-,24?/m0/s1. The van der Waals surface area contributed by atoms with Crippen molar-refractivity contribution in [3.05, 3.63) is 53.6 Å². The largest absolute Gasteiger partial charge is 0.493 e. The first-order valence-electron chi connectivity index (χ1n) is 10.7. The van der Waals surface area contributed by atoms with E-state index in [1.807, 2.05) is 6.07 Å². The number of amides is 1. The summed E-state index contributed by atoms with van der Waals surface area (Å²) >= 11 is 0. The first-order chi connectivity index (χ1) is 15.2. The van der Waals surface area contributed by atoms with Crippen LogP contribution >= 0.6 is 0 Å². The van der Waals surface area contributed by atoms with Crippen molar-refractivity contribution in [1.82, 2.24) is 10.2 Å². The first kappa shape index (κ1) is 21.5. The molecule has 2 saturated heterocycles. The van der Waals surface area contributed by atoms with Crippen LogP contribution in [0, 0.1) is 0 Å². The Balaban J connectivity index is 1.54. The van der Waals surface area contributed by atoms with Crippen LogP contribution in [0.4, 0.5) is 0 Å². The van der Waals surface area contributed by atoms with Gasteiger partial charge in [0.1, 0.15) is 6.23 Å². The number of ether oxygens (including phenoxy) is 4. The Morgan fingerprint density at radius 2 is 1.74 bits per heavy atom. The van der Waals surface area contributed by atoms with Crippen molar-refractivity contribution >= 4 is 5.91 Å². The van der Waals surface area contributed by atoms with Crippen LogP contribution in [0.15, 0.2) is 42.5 Å². The quantitative estimate of drug-likeness (QED) is 0.764. The number of carbonyl (C=O) groups excluding carboxylic acids is 1. The fourth-order valence-corrected chi connectivity index (χ4v) is 4.62. The average Bonchev–Trinajstić information content (AvgIpc) is 2.83. The van der Waals surface area contributed by atoms with Gasteiger partial charge < -0.3 is 24.3 Å². The summed E-state index contributed by atoms with van der Waals surface area (Å²) in [5.41, 5.74) is 1.69. The predicted octanol–water partition coefficient (Wildman–Crippen LogP) is 3.39. The molecule has 166 valence electrons. The number of hydrogen-bond donors (Lipinski definition) is 1. The molecule has 2 aliphatic heterocycles. The fourth-order valence-electron chi connectivity index (χ4n) is 4.62. The second-order valence-corrected chi connectivity index (χ2v) is 7.87. The molecule has 2 aromatic carbocycles. The lowest BCUT2D eigenvalue weighted by Crippen LogP contribution is -2.60. The lowest BCUT2D eigenvalue weighted by molar-refractivity contribution is -0.125. The third kappa shape index (κ3) is 4.34. The topological polar surface area (TPSA) is 69.3 Å². The molecular weight excluding hydrogens is 396 g/mol. The van der Waals surface area contributed by atoms with Gasteiger partial charge in [0.2, 0.25) is 5.75 Å². The smallest absolute Gasteiger partial charge is 0.253 e. The van der Waals surface area contributed by atoms with Gasteiger partial charge in [-0.1, -0.05) is 36.8 Å². The van der Waals surface area contributed by atoms with E-state index in [1.54, 1.807) is 12.1 Å². The van der Waals surface area contributed by atoms with Gasteiger partial charge in [0.25, 0.3) is 5.91 Å². The van der Waals surface area contributed by atoms with E-state index in [-0.39, 0.29) is 24.2 Å². The highest BCUT2D eigenvalue weighted by Gasteiger charge is 2.40. The number of piperidine rings is 1. The molecule has 3 atom stereocenters. The molecule has 2 fully saturated rings. The molecule has 0 radical (unpaired) electrons. The monoisotopic (exact) mass is 426 g/mol. The predicted molar refractivity (Wildman–Crippen MR) is 117 cm³/mol. The maximum Gasteiger partial charge on any atom is 0.253 e. The minimum Gasteiger partial charge on any atom is -0.493 e. The number of benzene rings is 2. The van der Waals surface area contributed by atoms with Crippen molar-refractivity contribution in [2.45, 2.75) is 37.6 Å². The second-order valence-electron chi connectivity index (χ2n) is 7.87. The minimum atomic E-state index is -0.369. The summed E-state index contributed by atoms with van der Waals surface area (Å²) < 4.78 is 22.3. The molecule has 1 unspecified atom stereocenters. The zero-order valence-corrected chi connectivity index (χ0v) is 18.3. The van der Waals surface area contributed by atoms with Crippen LogP contribution in [0.2, 0.25) is 0 Å². The second kappa shape index (κ2) is 9.58. The molecule has 7 heteroatoms. The fraction of sp³-hybridized carbons (Fsp3) is 0.458. The van der Waals surface area contributed by atoms with Crippen LogP contribution in [-0.4, -0.2) is 57.6 Å². The van der Waals surface area contributed by atoms with Crippen LogP contribution in [-0.2, 0) is 4.74 Å². The van der Waals surface area contributed by atoms with Gasteiger partial charge in [-0.3, -0.25) is 9.69 Å². The average molecular weight is 427 g/mol. The Kier molecular flexibility index (Phi) is 6.63. The maximum atomic E-state index is 13.1. The highest BCUT2D eigenvalue weighted by atomic mass is 16.5. The molecule has 31 heavy (non-hydrogen) atoms. The number of nitrogens with zero attached hydrogens (tertiary/aromatic N) is 1. The summed E-state index contributed by atoms with van der Waals surface area (Å²) in [6, 6.07) is 14.1. The first-order valence-corrected chi connectivity index (χ1v) is 10.7. The Hall–Kier alpha value is -2.77. The Morgan fingerprint density at radius 3 is 2.39 bits per heavy atom. The summed E-state index contributed by atoms with van der Waals surface area (Å²) in [5, 5.41) is 3.09. The van der Waals surface area contributed by atoms with Crippen LogP contribution in [0.25, 0.3) is 0 Å². The normalized spacial score (nSPS) is 23.5. The zero-order chi connectivity index (χ0) is 21.8. The van der Waals surface area contributed by atoms with Gasteiger partial charge >= 0.3 is 0 Å². The Morgan fingerprint density at radius 1 is 1.03 bits per heavy atom. The van der Waals surface area contributed by atoms with Gasteiger partial charge in [0.05, 0.1) is 40.0 Å². The van der Waals surface area contributed by atoms with E-state index in [2.05, 4.69) is 34.5 Å². The number of rotatable bonds is 6. The molecule has 0 saturated carbocycles. The molecule has 0 bridgehead atoms. The Bertz CT molecular complexity index is 879. The molecule has 0 spiro atoms. The molecule has 1 amide bonds. The van der Waals surface area contributed by atoms with Crippen molar-refractivity contribution in [3.63, 3.8) is 0 Å². The number of morpholine rings is 1. The van der Waals surface area contributed by atoms with Crippen molar-refractivity contribution in [2.24, 2.45) is 0 Å². The van der Waals surface area contributed by atoms with E-state index < -0.39 is 0 Å². The maximum absolute atomic E-state index is 13.1. The number of carbonyl (C=O) groups is 1. The van der Waals surface area contributed by atoms with Gasteiger partial charge in [-0.25, -0.2) is 0 Å². The van der Waals surface area contributed by atoms with Crippen LogP contribution in [0.3, 0.4) is 0 Å². The Labute approximate surface area is 183 Å². The number of nitrogens with one attached hydrogen (secondary N) is 1. The van der Waals surface area contributed by atoms with E-state index in [0.717, 1.165) is 25.8 Å². The number of hydrogen-bond acceptors (Lipinski definition) is 6. The highest BCUT2D eigenvalue weighted by Crippen LogP contribution is 2.39. The summed E-state index contributed by atoms with van der Waals surface area (Å²) in [7, 11) is 4.61.